The van der Waals surface area contributed by atoms with Crippen LogP contribution in [0, 0.1) is 0 Å². The van der Waals surface area contributed by atoms with Gasteiger partial charge < -0.3 is 4.74 Å². The lowest BCUT2D eigenvalue weighted by atomic mass is 10.0. The summed E-state index contributed by atoms with van der Waals surface area (Å²) in [5.41, 5.74) is 0.583. The Kier molecular flexibility index (Phi) is 2.95. The summed E-state index contributed by atoms with van der Waals surface area (Å²) in [6, 6.07) is 1.04. The maximum atomic E-state index is 6.45. The van der Waals surface area contributed by atoms with Gasteiger partial charge in [0, 0.05) is 0 Å². The molecule has 0 N–H and O–H groups in total. The van der Waals surface area contributed by atoms with E-state index in [4.69, 9.17) is 26.9 Å². The maximum absolute atomic E-state index is 6.45. The van der Waals surface area contributed by atoms with Gasteiger partial charge in [-0.1, -0.05) is 13.3 Å². The van der Waals surface area contributed by atoms with E-state index in [0.717, 1.165) is 18.9 Å². The first-order chi connectivity index (χ1) is 6.13. The predicted molar refractivity (Wildman–Crippen MR) is 58.8 cm³/mol. The molecular weight excluding hydrogens is 223 g/mol. The van der Waals surface area contributed by atoms with Crippen LogP contribution < -0.4 is 0 Å². The second kappa shape index (κ2) is 3.73. The van der Waals surface area contributed by atoms with Gasteiger partial charge in [0.25, 0.3) is 6.69 Å². The summed E-state index contributed by atoms with van der Waals surface area (Å²) in [6.07, 6.45) is 5.71. The van der Waals surface area contributed by atoms with Crippen LogP contribution in [-0.2, 0) is 4.74 Å². The van der Waals surface area contributed by atoms with E-state index in [1.54, 1.807) is 0 Å². The van der Waals surface area contributed by atoms with Gasteiger partial charge in [-0.25, -0.2) is 0 Å². The molecule has 76 valence electrons. The van der Waals surface area contributed by atoms with Gasteiger partial charge in [-0.05, 0) is 30.8 Å². The van der Waals surface area contributed by atoms with Crippen molar-refractivity contribution in [1.82, 2.24) is 0 Å². The van der Waals surface area contributed by atoms with E-state index < -0.39 is 6.69 Å². The summed E-state index contributed by atoms with van der Waals surface area (Å²) < 4.78 is 5.49. The second-order valence-corrected chi connectivity index (χ2v) is 11.7. The zero-order chi connectivity index (χ0) is 9.47. The standard InChI is InChI=1S/C9H16Cl2OSi/c1-2-5-13(10,11)7-3-4-8-9(6-7)12-8/h7-9H,2-6H2,1H3. The topological polar surface area (TPSA) is 12.5 Å². The average Bonchev–Trinajstić information content (AvgIpc) is 2.80. The first-order valence-corrected chi connectivity index (χ1v) is 9.47. The number of hydrogen-bond acceptors (Lipinski definition) is 1. The van der Waals surface area contributed by atoms with E-state index in [1.807, 2.05) is 0 Å². The summed E-state index contributed by atoms with van der Waals surface area (Å²) >= 11 is 12.9. The van der Waals surface area contributed by atoms with Crippen molar-refractivity contribution >= 4 is 28.9 Å². The molecule has 0 radical (unpaired) electrons. The molecule has 3 atom stereocenters. The van der Waals surface area contributed by atoms with Crippen LogP contribution in [0.15, 0.2) is 0 Å². The van der Waals surface area contributed by atoms with E-state index in [2.05, 4.69) is 6.92 Å². The fourth-order valence-corrected chi connectivity index (χ4v) is 6.89. The Morgan fingerprint density at radius 3 is 2.69 bits per heavy atom. The normalized spacial score (nSPS) is 38.5. The SMILES string of the molecule is CCC[Si](Cl)(Cl)C1CCC2OC2C1. The maximum Gasteiger partial charge on any atom is 0.254 e. The fourth-order valence-electron chi connectivity index (χ4n) is 2.33. The highest BCUT2D eigenvalue weighted by Crippen LogP contribution is 2.50. The van der Waals surface area contributed by atoms with Crippen molar-refractivity contribution < 1.29 is 4.74 Å². The Balaban J connectivity index is 1.91. The number of epoxide rings is 1. The van der Waals surface area contributed by atoms with Crippen LogP contribution in [0.25, 0.3) is 0 Å². The minimum Gasteiger partial charge on any atom is -0.370 e. The Morgan fingerprint density at radius 2 is 2.08 bits per heavy atom. The molecule has 2 aliphatic rings. The van der Waals surface area contributed by atoms with Crippen molar-refractivity contribution in [3.63, 3.8) is 0 Å². The molecule has 1 aliphatic heterocycles. The van der Waals surface area contributed by atoms with E-state index in [0.29, 0.717) is 17.7 Å². The van der Waals surface area contributed by atoms with Crippen LogP contribution in [-0.4, -0.2) is 18.9 Å². The van der Waals surface area contributed by atoms with Crippen LogP contribution in [0.3, 0.4) is 0 Å². The van der Waals surface area contributed by atoms with Gasteiger partial charge in [-0.3, -0.25) is 0 Å². The third-order valence-electron chi connectivity index (χ3n) is 3.18. The Bertz CT molecular complexity index is 198. The Morgan fingerprint density at radius 1 is 1.31 bits per heavy atom. The largest absolute Gasteiger partial charge is 0.370 e. The van der Waals surface area contributed by atoms with Crippen molar-refractivity contribution in [3.05, 3.63) is 0 Å². The first-order valence-electron chi connectivity index (χ1n) is 5.17. The molecule has 13 heavy (non-hydrogen) atoms. The van der Waals surface area contributed by atoms with E-state index in [1.165, 1.54) is 12.8 Å². The second-order valence-electron chi connectivity index (χ2n) is 4.23. The van der Waals surface area contributed by atoms with Gasteiger partial charge in [-0.15, -0.1) is 22.2 Å². The molecular formula is C9H16Cl2OSi. The molecule has 0 spiro atoms. The van der Waals surface area contributed by atoms with Crippen LogP contribution >= 0.6 is 22.2 Å². The summed E-state index contributed by atoms with van der Waals surface area (Å²) in [7, 11) is 0. The molecule has 0 aromatic rings. The third-order valence-corrected chi connectivity index (χ3v) is 9.06. The summed E-state index contributed by atoms with van der Waals surface area (Å²) in [4.78, 5) is 0. The van der Waals surface area contributed by atoms with Gasteiger partial charge in [0.05, 0.1) is 12.2 Å². The highest BCUT2D eigenvalue weighted by atomic mass is 35.7. The van der Waals surface area contributed by atoms with Gasteiger partial charge in [0.15, 0.2) is 0 Å². The lowest BCUT2D eigenvalue weighted by Crippen LogP contribution is -2.30. The minimum atomic E-state index is -1.95. The molecule has 0 aromatic carbocycles. The lowest BCUT2D eigenvalue weighted by molar-refractivity contribution is 0.373. The van der Waals surface area contributed by atoms with E-state index in [9.17, 15) is 0 Å². The third kappa shape index (κ3) is 2.23. The number of halogens is 2. The highest BCUT2D eigenvalue weighted by Gasteiger charge is 2.50. The average molecular weight is 239 g/mol. The Hall–Kier alpha value is 0.757. The van der Waals surface area contributed by atoms with Crippen molar-refractivity contribution in [2.24, 2.45) is 0 Å². The lowest BCUT2D eigenvalue weighted by Gasteiger charge is -2.28. The monoisotopic (exact) mass is 238 g/mol. The Labute approximate surface area is 90.2 Å². The van der Waals surface area contributed by atoms with Crippen LogP contribution in [0.5, 0.6) is 0 Å². The molecule has 1 aliphatic carbocycles. The molecule has 1 nitrogen and oxygen atoms in total. The number of ether oxygens (including phenoxy) is 1. The smallest absolute Gasteiger partial charge is 0.254 e. The van der Waals surface area contributed by atoms with Crippen molar-refractivity contribution in [2.45, 2.75) is 56.4 Å². The number of hydrogen-bond donors (Lipinski definition) is 0. The summed E-state index contributed by atoms with van der Waals surface area (Å²) in [6.45, 7) is 0.205. The van der Waals surface area contributed by atoms with Crippen molar-refractivity contribution in [2.75, 3.05) is 0 Å². The first kappa shape index (κ1) is 10.3. The highest BCUT2D eigenvalue weighted by molar-refractivity contribution is 7.46. The van der Waals surface area contributed by atoms with Gasteiger partial charge in [-0.2, -0.15) is 0 Å². The van der Waals surface area contributed by atoms with E-state index in [-0.39, 0.29) is 0 Å². The van der Waals surface area contributed by atoms with Crippen molar-refractivity contribution in [1.29, 1.82) is 0 Å². The number of rotatable bonds is 3. The molecule has 1 saturated carbocycles. The number of fused-ring (bicyclic) bond motifs is 1. The van der Waals surface area contributed by atoms with Crippen molar-refractivity contribution in [3.8, 4) is 0 Å². The molecule has 4 heteroatoms. The summed E-state index contributed by atoms with van der Waals surface area (Å²) in [5, 5.41) is 0. The van der Waals surface area contributed by atoms with Gasteiger partial charge >= 0.3 is 0 Å². The van der Waals surface area contributed by atoms with Crippen LogP contribution in [0.4, 0.5) is 0 Å². The van der Waals surface area contributed by atoms with E-state index >= 15 is 0 Å². The molecule has 0 aromatic heterocycles. The predicted octanol–water partition coefficient (Wildman–Crippen LogP) is 3.64. The zero-order valence-electron chi connectivity index (χ0n) is 7.93. The quantitative estimate of drug-likeness (QED) is 0.416. The molecule has 1 heterocycles. The molecule has 3 unspecified atom stereocenters. The van der Waals surface area contributed by atoms with Crippen LogP contribution in [0.2, 0.25) is 11.6 Å². The minimum absolute atomic E-state index is 0.514. The molecule has 2 fully saturated rings. The fraction of sp³-hybridized carbons (Fsp3) is 1.00. The molecule has 1 saturated heterocycles. The molecule has 0 bridgehead atoms. The molecule has 2 rings (SSSR count). The molecule has 0 amide bonds. The van der Waals surface area contributed by atoms with Crippen LogP contribution in [0.1, 0.15) is 32.6 Å². The zero-order valence-corrected chi connectivity index (χ0v) is 10.4. The van der Waals surface area contributed by atoms with Gasteiger partial charge in [0.2, 0.25) is 0 Å². The summed E-state index contributed by atoms with van der Waals surface area (Å²) in [5.74, 6) is 0. The van der Waals surface area contributed by atoms with Gasteiger partial charge in [0.1, 0.15) is 0 Å².